The van der Waals surface area contributed by atoms with Gasteiger partial charge in [-0.05, 0) is 18.6 Å². The van der Waals surface area contributed by atoms with Crippen LogP contribution < -0.4 is 10.6 Å². The van der Waals surface area contributed by atoms with E-state index in [9.17, 15) is 14.0 Å². The van der Waals surface area contributed by atoms with Crippen LogP contribution in [0.1, 0.15) is 13.8 Å². The Kier molecular flexibility index (Phi) is 2.85. The maximum atomic E-state index is 14.1. The van der Waals surface area contributed by atoms with Gasteiger partial charge in [0.2, 0.25) is 0 Å². The average molecular weight is 303 g/mol. The summed E-state index contributed by atoms with van der Waals surface area (Å²) >= 11 is 3.28. The van der Waals surface area contributed by atoms with Gasteiger partial charge in [-0.3, -0.25) is 10.1 Å². The van der Waals surface area contributed by atoms with Crippen LogP contribution in [0.3, 0.4) is 0 Å². The van der Waals surface area contributed by atoms with Gasteiger partial charge in [-0.1, -0.05) is 28.9 Å². The molecular formula is C11H12BrFN2O2. The molecule has 1 aliphatic carbocycles. The largest absolute Gasteiger partial charge is 0.322 e. The average Bonchev–Trinajstić information content (AvgIpc) is 2.47. The van der Waals surface area contributed by atoms with E-state index in [0.717, 1.165) is 0 Å². The van der Waals surface area contributed by atoms with Crippen LogP contribution in [0.15, 0.2) is 22.2 Å². The van der Waals surface area contributed by atoms with Crippen molar-refractivity contribution in [2.24, 2.45) is 5.92 Å². The molecule has 1 saturated heterocycles. The summed E-state index contributed by atoms with van der Waals surface area (Å²) in [6, 6.07) is -0.594. The van der Waals surface area contributed by atoms with E-state index in [1.807, 2.05) is 0 Å². The number of rotatable bonds is 1. The fourth-order valence-corrected chi connectivity index (χ4v) is 2.73. The van der Waals surface area contributed by atoms with E-state index < -0.39 is 23.6 Å². The maximum Gasteiger partial charge on any atom is 0.322 e. The van der Waals surface area contributed by atoms with Gasteiger partial charge < -0.3 is 5.32 Å². The van der Waals surface area contributed by atoms with Crippen molar-refractivity contribution in [1.82, 2.24) is 10.6 Å². The van der Waals surface area contributed by atoms with Crippen LogP contribution in [0.4, 0.5) is 9.18 Å². The Hall–Kier alpha value is -1.17. The van der Waals surface area contributed by atoms with Crippen LogP contribution in [0, 0.1) is 5.92 Å². The van der Waals surface area contributed by atoms with Crippen LogP contribution in [0.25, 0.3) is 0 Å². The predicted molar refractivity (Wildman–Crippen MR) is 64.2 cm³/mol. The molecule has 0 saturated carbocycles. The number of alkyl halides is 1. The van der Waals surface area contributed by atoms with Gasteiger partial charge >= 0.3 is 6.03 Å². The Morgan fingerprint density at radius 1 is 1.47 bits per heavy atom. The third-order valence-electron chi connectivity index (χ3n) is 3.10. The lowest BCUT2D eigenvalue weighted by Gasteiger charge is -2.31. The highest BCUT2D eigenvalue weighted by Crippen LogP contribution is 2.35. The molecule has 2 rings (SSSR count). The molecule has 0 aromatic rings. The van der Waals surface area contributed by atoms with E-state index in [4.69, 9.17) is 0 Å². The Morgan fingerprint density at radius 3 is 2.65 bits per heavy atom. The first-order valence-electron chi connectivity index (χ1n) is 5.21. The van der Waals surface area contributed by atoms with E-state index in [-0.39, 0.29) is 11.5 Å². The maximum absolute atomic E-state index is 14.1. The molecule has 1 heterocycles. The lowest BCUT2D eigenvalue weighted by atomic mass is 9.81. The zero-order chi connectivity index (χ0) is 12.8. The second-order valence-corrected chi connectivity index (χ2v) is 5.36. The molecule has 0 bridgehead atoms. The highest BCUT2D eigenvalue weighted by Gasteiger charge is 2.48. The Bertz CT molecular complexity index is 460. The van der Waals surface area contributed by atoms with Crippen molar-refractivity contribution in [1.29, 1.82) is 0 Å². The third kappa shape index (κ3) is 1.90. The summed E-state index contributed by atoms with van der Waals surface area (Å²) in [5.41, 5.74) is -1.04. The summed E-state index contributed by atoms with van der Waals surface area (Å²) in [6.07, 6.45) is 1.99. The Labute approximate surface area is 106 Å². The van der Waals surface area contributed by atoms with Gasteiger partial charge in [-0.25, -0.2) is 9.18 Å². The molecule has 0 radical (unpaired) electrons. The first kappa shape index (κ1) is 12.3. The van der Waals surface area contributed by atoms with Crippen LogP contribution >= 0.6 is 15.9 Å². The molecule has 0 aromatic heterocycles. The van der Waals surface area contributed by atoms with Crippen molar-refractivity contribution in [2.75, 3.05) is 0 Å². The zero-order valence-corrected chi connectivity index (χ0v) is 11.0. The van der Waals surface area contributed by atoms with Crippen LogP contribution in [0.5, 0.6) is 0 Å². The summed E-state index contributed by atoms with van der Waals surface area (Å²) in [5.74, 6) is -0.864. The minimum atomic E-state index is -1.31. The van der Waals surface area contributed by atoms with Gasteiger partial charge in [-0.2, -0.15) is 0 Å². The van der Waals surface area contributed by atoms with E-state index in [1.165, 1.54) is 6.92 Å². The van der Waals surface area contributed by atoms with E-state index in [1.54, 1.807) is 19.1 Å². The second-order valence-electron chi connectivity index (χ2n) is 4.45. The summed E-state index contributed by atoms with van der Waals surface area (Å²) < 4.78 is 14.9. The predicted octanol–water partition coefficient (Wildman–Crippen LogP) is 1.78. The monoisotopic (exact) mass is 302 g/mol. The van der Waals surface area contributed by atoms with Gasteiger partial charge in [0.25, 0.3) is 5.91 Å². The molecule has 92 valence electrons. The molecule has 2 N–H and O–H groups in total. The molecule has 17 heavy (non-hydrogen) atoms. The number of imide groups is 1. The summed E-state index contributed by atoms with van der Waals surface area (Å²) in [5, 5.41) is 4.59. The lowest BCUT2D eigenvalue weighted by molar-refractivity contribution is -0.122. The molecule has 0 spiro atoms. The fraction of sp³-hybridized carbons (Fsp3) is 0.455. The minimum absolute atomic E-state index is 0.266. The number of amides is 3. The number of hydrogen-bond acceptors (Lipinski definition) is 2. The molecule has 3 amide bonds. The number of halogens is 2. The normalized spacial score (nSPS) is 37.2. The van der Waals surface area contributed by atoms with Crippen molar-refractivity contribution in [3.05, 3.63) is 22.2 Å². The van der Waals surface area contributed by atoms with Gasteiger partial charge in [0.15, 0.2) is 0 Å². The van der Waals surface area contributed by atoms with Gasteiger partial charge in [-0.15, -0.1) is 0 Å². The van der Waals surface area contributed by atoms with E-state index in [2.05, 4.69) is 26.6 Å². The number of carbonyl (C=O) groups excluding carboxylic acids is 2. The SMILES string of the molecule is CC1C=C(Br)C=C(C2(C)NC(=O)NC2=O)C1F. The Balaban J connectivity index is 2.43. The van der Waals surface area contributed by atoms with Crippen LogP contribution in [-0.2, 0) is 4.79 Å². The molecule has 3 unspecified atom stereocenters. The van der Waals surface area contributed by atoms with Crippen molar-refractivity contribution < 1.29 is 14.0 Å². The van der Waals surface area contributed by atoms with Gasteiger partial charge in [0, 0.05) is 10.4 Å². The zero-order valence-electron chi connectivity index (χ0n) is 9.38. The lowest BCUT2D eigenvalue weighted by Crippen LogP contribution is -2.49. The number of allylic oxidation sites excluding steroid dienone is 3. The van der Waals surface area contributed by atoms with Crippen molar-refractivity contribution in [3.63, 3.8) is 0 Å². The molecular weight excluding hydrogens is 291 g/mol. The van der Waals surface area contributed by atoms with Crippen LogP contribution in [-0.4, -0.2) is 23.6 Å². The van der Waals surface area contributed by atoms with Crippen molar-refractivity contribution >= 4 is 27.9 Å². The standard InChI is InChI=1S/C11H12BrFN2O2/c1-5-3-6(12)4-7(8(5)13)11(2)9(16)14-10(17)15-11/h3-5,8H,1-2H3,(H2,14,15,16,17). The summed E-state index contributed by atoms with van der Waals surface area (Å²) in [7, 11) is 0. The fourth-order valence-electron chi connectivity index (χ4n) is 2.06. The number of urea groups is 1. The minimum Gasteiger partial charge on any atom is -0.320 e. The Morgan fingerprint density at radius 2 is 2.12 bits per heavy atom. The summed E-state index contributed by atoms with van der Waals surface area (Å²) in [6.45, 7) is 3.22. The summed E-state index contributed by atoms with van der Waals surface area (Å²) in [4.78, 5) is 22.9. The molecule has 2 aliphatic rings. The molecule has 1 fully saturated rings. The van der Waals surface area contributed by atoms with Crippen LogP contribution in [0.2, 0.25) is 0 Å². The third-order valence-corrected chi connectivity index (χ3v) is 3.59. The number of hydrogen-bond donors (Lipinski definition) is 2. The smallest absolute Gasteiger partial charge is 0.320 e. The topological polar surface area (TPSA) is 58.2 Å². The van der Waals surface area contributed by atoms with E-state index >= 15 is 0 Å². The van der Waals surface area contributed by atoms with Crippen molar-refractivity contribution in [2.45, 2.75) is 25.6 Å². The number of carbonyl (C=O) groups is 2. The first-order chi connectivity index (χ1) is 7.84. The quantitative estimate of drug-likeness (QED) is 0.725. The molecule has 6 heteroatoms. The van der Waals surface area contributed by atoms with Gasteiger partial charge in [0.05, 0.1) is 0 Å². The highest BCUT2D eigenvalue weighted by atomic mass is 79.9. The molecule has 0 aromatic carbocycles. The highest BCUT2D eigenvalue weighted by molar-refractivity contribution is 9.11. The first-order valence-corrected chi connectivity index (χ1v) is 6.01. The second kappa shape index (κ2) is 3.94. The van der Waals surface area contributed by atoms with Gasteiger partial charge in [0.1, 0.15) is 11.7 Å². The molecule has 1 aliphatic heterocycles. The number of nitrogens with one attached hydrogen (secondary N) is 2. The molecule has 4 nitrogen and oxygen atoms in total. The van der Waals surface area contributed by atoms with Crippen molar-refractivity contribution in [3.8, 4) is 0 Å². The van der Waals surface area contributed by atoms with E-state index in [0.29, 0.717) is 4.48 Å². The molecule has 3 atom stereocenters.